The molecular weight excluding hydrogens is 206 g/mol. The maximum Gasteiger partial charge on any atom is 0.0329 e. The minimum Gasteiger partial charge on any atom is -0.310 e. The first-order chi connectivity index (χ1) is 8.31. The SMILES string of the molecule is C#CCCC(NCCC)c1ccc(CC)cc1. The van der Waals surface area contributed by atoms with Crippen LogP contribution in [0, 0.1) is 12.3 Å². The van der Waals surface area contributed by atoms with E-state index >= 15 is 0 Å². The lowest BCUT2D eigenvalue weighted by Gasteiger charge is -2.18. The van der Waals surface area contributed by atoms with Gasteiger partial charge >= 0.3 is 0 Å². The van der Waals surface area contributed by atoms with Crippen LogP contribution in [-0.4, -0.2) is 6.54 Å². The van der Waals surface area contributed by atoms with E-state index < -0.39 is 0 Å². The molecule has 1 unspecified atom stereocenters. The summed E-state index contributed by atoms with van der Waals surface area (Å²) in [5, 5.41) is 3.56. The summed E-state index contributed by atoms with van der Waals surface area (Å²) in [6, 6.07) is 9.28. The Kier molecular flexibility index (Phi) is 6.43. The van der Waals surface area contributed by atoms with E-state index in [1.807, 2.05) is 0 Å². The van der Waals surface area contributed by atoms with Gasteiger partial charge in [-0.3, -0.25) is 0 Å². The maximum absolute atomic E-state index is 5.35. The predicted molar refractivity (Wildman–Crippen MR) is 74.9 cm³/mol. The summed E-state index contributed by atoms with van der Waals surface area (Å²) in [5.41, 5.74) is 2.74. The van der Waals surface area contributed by atoms with Crippen LogP contribution < -0.4 is 5.32 Å². The highest BCUT2D eigenvalue weighted by Crippen LogP contribution is 2.19. The second-order valence-electron chi connectivity index (χ2n) is 4.34. The summed E-state index contributed by atoms with van der Waals surface area (Å²) in [5.74, 6) is 2.73. The molecule has 17 heavy (non-hydrogen) atoms. The van der Waals surface area contributed by atoms with Crippen LogP contribution in [0.15, 0.2) is 24.3 Å². The summed E-state index contributed by atoms with van der Waals surface area (Å²) in [4.78, 5) is 0. The Balaban J connectivity index is 2.69. The Morgan fingerprint density at radius 1 is 1.24 bits per heavy atom. The number of rotatable bonds is 7. The van der Waals surface area contributed by atoms with E-state index in [2.05, 4.69) is 49.4 Å². The predicted octanol–water partition coefficient (Wildman–Crippen LogP) is 3.70. The summed E-state index contributed by atoms with van der Waals surface area (Å²) >= 11 is 0. The highest BCUT2D eigenvalue weighted by Gasteiger charge is 2.09. The zero-order chi connectivity index (χ0) is 12.5. The van der Waals surface area contributed by atoms with Gasteiger partial charge in [0.15, 0.2) is 0 Å². The summed E-state index contributed by atoms with van der Waals surface area (Å²) in [6.07, 6.45) is 9.44. The molecule has 0 fully saturated rings. The van der Waals surface area contributed by atoms with Crippen LogP contribution in [-0.2, 0) is 6.42 Å². The van der Waals surface area contributed by atoms with E-state index in [1.165, 1.54) is 11.1 Å². The van der Waals surface area contributed by atoms with Gasteiger partial charge in [0.25, 0.3) is 0 Å². The Morgan fingerprint density at radius 2 is 1.94 bits per heavy atom. The molecule has 0 spiro atoms. The molecule has 0 saturated heterocycles. The molecule has 1 aromatic carbocycles. The molecular formula is C16H23N. The fraction of sp³-hybridized carbons (Fsp3) is 0.500. The highest BCUT2D eigenvalue weighted by atomic mass is 14.9. The van der Waals surface area contributed by atoms with Crippen molar-refractivity contribution in [1.29, 1.82) is 0 Å². The van der Waals surface area contributed by atoms with Gasteiger partial charge in [0, 0.05) is 12.5 Å². The fourth-order valence-corrected chi connectivity index (χ4v) is 1.92. The number of hydrogen-bond acceptors (Lipinski definition) is 1. The monoisotopic (exact) mass is 229 g/mol. The first kappa shape index (κ1) is 13.8. The van der Waals surface area contributed by atoms with Gasteiger partial charge in [-0.15, -0.1) is 12.3 Å². The Bertz CT molecular complexity index is 345. The largest absolute Gasteiger partial charge is 0.310 e. The lowest BCUT2D eigenvalue weighted by atomic mass is 10.00. The van der Waals surface area contributed by atoms with Crippen LogP contribution in [0.3, 0.4) is 0 Å². The zero-order valence-corrected chi connectivity index (χ0v) is 11.0. The molecule has 0 saturated carbocycles. The lowest BCUT2D eigenvalue weighted by Crippen LogP contribution is -2.22. The standard InChI is InChI=1S/C16H23N/c1-4-7-8-16(17-13-5-2)15-11-9-14(6-3)10-12-15/h1,9-12,16-17H,5-8,13H2,2-3H3. The van der Waals surface area contributed by atoms with Gasteiger partial charge in [-0.2, -0.15) is 0 Å². The molecule has 1 nitrogen and oxygen atoms in total. The number of aryl methyl sites for hydroxylation is 1. The van der Waals surface area contributed by atoms with Crippen LogP contribution >= 0.6 is 0 Å². The molecule has 1 atom stereocenters. The molecule has 0 bridgehead atoms. The normalized spacial score (nSPS) is 12.1. The first-order valence-corrected chi connectivity index (χ1v) is 6.57. The Hall–Kier alpha value is -1.26. The van der Waals surface area contributed by atoms with Gasteiger partial charge < -0.3 is 5.32 Å². The molecule has 1 aromatic rings. The third kappa shape index (κ3) is 4.63. The van der Waals surface area contributed by atoms with Gasteiger partial charge in [0.05, 0.1) is 0 Å². The average Bonchev–Trinajstić information content (AvgIpc) is 2.39. The molecule has 1 heteroatoms. The highest BCUT2D eigenvalue weighted by molar-refractivity contribution is 5.25. The van der Waals surface area contributed by atoms with E-state index in [0.717, 1.165) is 32.2 Å². The Labute approximate surface area is 106 Å². The topological polar surface area (TPSA) is 12.0 Å². The van der Waals surface area contributed by atoms with E-state index in [0.29, 0.717) is 6.04 Å². The van der Waals surface area contributed by atoms with Crippen LogP contribution in [0.2, 0.25) is 0 Å². The van der Waals surface area contributed by atoms with Gasteiger partial charge in [-0.25, -0.2) is 0 Å². The van der Waals surface area contributed by atoms with E-state index in [9.17, 15) is 0 Å². The van der Waals surface area contributed by atoms with Crippen molar-refractivity contribution in [3.05, 3.63) is 35.4 Å². The number of hydrogen-bond donors (Lipinski definition) is 1. The fourth-order valence-electron chi connectivity index (χ4n) is 1.92. The second kappa shape index (κ2) is 7.92. The third-order valence-corrected chi connectivity index (χ3v) is 3.01. The molecule has 0 aliphatic carbocycles. The van der Waals surface area contributed by atoms with E-state index in [4.69, 9.17) is 6.42 Å². The van der Waals surface area contributed by atoms with Crippen LogP contribution in [0.5, 0.6) is 0 Å². The molecule has 1 rings (SSSR count). The number of nitrogens with one attached hydrogen (secondary N) is 1. The summed E-state index contributed by atoms with van der Waals surface area (Å²) in [7, 11) is 0. The maximum atomic E-state index is 5.35. The van der Waals surface area contributed by atoms with Gasteiger partial charge in [0.1, 0.15) is 0 Å². The summed E-state index contributed by atoms with van der Waals surface area (Å²) in [6.45, 7) is 5.41. The smallest absolute Gasteiger partial charge is 0.0329 e. The molecule has 92 valence electrons. The molecule has 0 amide bonds. The van der Waals surface area contributed by atoms with Crippen molar-refractivity contribution in [2.24, 2.45) is 0 Å². The summed E-state index contributed by atoms with van der Waals surface area (Å²) < 4.78 is 0. The third-order valence-electron chi connectivity index (χ3n) is 3.01. The lowest BCUT2D eigenvalue weighted by molar-refractivity contribution is 0.505. The van der Waals surface area contributed by atoms with Crippen LogP contribution in [0.1, 0.15) is 50.3 Å². The number of benzene rings is 1. The zero-order valence-electron chi connectivity index (χ0n) is 11.0. The van der Waals surface area contributed by atoms with Gasteiger partial charge in [0.2, 0.25) is 0 Å². The minimum absolute atomic E-state index is 0.400. The van der Waals surface area contributed by atoms with Crippen molar-refractivity contribution < 1.29 is 0 Å². The van der Waals surface area contributed by atoms with E-state index in [1.54, 1.807) is 0 Å². The molecule has 0 aliphatic rings. The van der Waals surface area contributed by atoms with E-state index in [-0.39, 0.29) is 0 Å². The average molecular weight is 229 g/mol. The van der Waals surface area contributed by atoms with Crippen LogP contribution in [0.4, 0.5) is 0 Å². The second-order valence-corrected chi connectivity index (χ2v) is 4.34. The Morgan fingerprint density at radius 3 is 2.47 bits per heavy atom. The molecule has 0 radical (unpaired) electrons. The molecule has 0 aromatic heterocycles. The molecule has 0 heterocycles. The number of terminal acetylenes is 1. The molecule has 1 N–H and O–H groups in total. The van der Waals surface area contributed by atoms with Crippen molar-refractivity contribution in [1.82, 2.24) is 5.32 Å². The van der Waals surface area contributed by atoms with Crippen molar-refractivity contribution in [2.45, 2.75) is 45.6 Å². The van der Waals surface area contributed by atoms with Crippen molar-refractivity contribution in [2.75, 3.05) is 6.54 Å². The van der Waals surface area contributed by atoms with Gasteiger partial charge in [-0.1, -0.05) is 38.1 Å². The minimum atomic E-state index is 0.400. The quantitative estimate of drug-likeness (QED) is 0.703. The molecule has 0 aliphatic heterocycles. The van der Waals surface area contributed by atoms with Crippen molar-refractivity contribution in [3.63, 3.8) is 0 Å². The van der Waals surface area contributed by atoms with Gasteiger partial charge in [-0.05, 0) is 36.9 Å². The first-order valence-electron chi connectivity index (χ1n) is 6.57. The van der Waals surface area contributed by atoms with Crippen molar-refractivity contribution >= 4 is 0 Å². The van der Waals surface area contributed by atoms with Crippen molar-refractivity contribution in [3.8, 4) is 12.3 Å². The van der Waals surface area contributed by atoms with Crippen LogP contribution in [0.25, 0.3) is 0 Å².